The lowest BCUT2D eigenvalue weighted by Gasteiger charge is -2.32. The van der Waals surface area contributed by atoms with Crippen LogP contribution in [0.5, 0.6) is 5.75 Å². The molecule has 17 heteroatoms. The number of nitrogens with zero attached hydrogens (tertiary/aromatic N) is 2. The van der Waals surface area contributed by atoms with Crippen molar-refractivity contribution >= 4 is 32.5 Å². The minimum Gasteiger partial charge on any atom is -0.464 e. The second-order valence-corrected chi connectivity index (χ2v) is 8.72. The first-order valence-corrected chi connectivity index (χ1v) is 11.0. The van der Waals surface area contributed by atoms with Crippen molar-refractivity contribution in [3.05, 3.63) is 29.3 Å². The van der Waals surface area contributed by atoms with E-state index in [-0.39, 0.29) is 17.2 Å². The van der Waals surface area contributed by atoms with Gasteiger partial charge in [0, 0.05) is 5.56 Å². The summed E-state index contributed by atoms with van der Waals surface area (Å²) < 4.78 is 106. The van der Waals surface area contributed by atoms with E-state index in [0.717, 1.165) is 17.0 Å². The highest BCUT2D eigenvalue weighted by molar-refractivity contribution is 7.88. The smallest absolute Gasteiger partial charge is 0.464 e. The fraction of sp³-hybridized carbons (Fsp3) is 0.429. The number of hydrogen-bond donors (Lipinski definition) is 1. The summed E-state index contributed by atoms with van der Waals surface area (Å²) in [5.74, 6) is -1.95. The normalized spacial score (nSPS) is 21.1. The Morgan fingerprint density at radius 3 is 2.45 bits per heavy atom. The molecule has 0 aliphatic carbocycles. The van der Waals surface area contributed by atoms with Gasteiger partial charge >= 0.3 is 38.0 Å². The lowest BCUT2D eigenvalue weighted by Crippen LogP contribution is -2.39. The number of hydrogen-bond acceptors (Lipinski definition) is 9. The molecular weight excluding hydrogens is 477 g/mol. The van der Waals surface area contributed by atoms with E-state index in [1.54, 1.807) is 0 Å². The molecule has 0 saturated carbocycles. The van der Waals surface area contributed by atoms with Crippen LogP contribution < -0.4 is 4.18 Å². The van der Waals surface area contributed by atoms with E-state index in [4.69, 9.17) is 9.29 Å². The molecule has 2 bridgehead atoms. The number of carbonyl (C=O) groups is 2. The van der Waals surface area contributed by atoms with E-state index in [1.165, 1.54) is 13.0 Å². The van der Waals surface area contributed by atoms with Crippen LogP contribution in [0.3, 0.4) is 0 Å². The van der Waals surface area contributed by atoms with Crippen LogP contribution >= 0.6 is 0 Å². The Bertz CT molecular complexity index is 1140. The summed E-state index contributed by atoms with van der Waals surface area (Å²) in [6, 6.07) is -1.31. The Labute approximate surface area is 173 Å². The Hall–Kier alpha value is -2.63. The van der Waals surface area contributed by atoms with Gasteiger partial charge in [-0.05, 0) is 18.6 Å². The summed E-state index contributed by atoms with van der Waals surface area (Å²) in [5, 5.41) is 0.0838. The van der Waals surface area contributed by atoms with Crippen LogP contribution in [0.1, 0.15) is 30.1 Å². The van der Waals surface area contributed by atoms with Gasteiger partial charge in [-0.15, -0.1) is 4.28 Å². The van der Waals surface area contributed by atoms with Crippen LogP contribution in [-0.4, -0.2) is 62.0 Å². The minimum absolute atomic E-state index is 0.0838. The fourth-order valence-corrected chi connectivity index (χ4v) is 4.09. The largest absolute Gasteiger partial charge is 0.534 e. The SMILES string of the molecule is CCOC(=O)C1c2cccc(OS(=O)(=O)C(F)(F)F)c2[C@H]2CN1C(=O)N2OS(=O)(=O)O. The molecule has 1 aromatic rings. The topological polar surface area (TPSA) is 157 Å². The maximum atomic E-state index is 12.8. The molecule has 12 nitrogen and oxygen atoms in total. The average molecular weight is 490 g/mol. The zero-order valence-electron chi connectivity index (χ0n) is 15.3. The lowest BCUT2D eigenvalue weighted by atomic mass is 9.90. The van der Waals surface area contributed by atoms with Gasteiger partial charge in [-0.2, -0.15) is 35.1 Å². The number of alkyl halides is 3. The van der Waals surface area contributed by atoms with E-state index in [0.29, 0.717) is 0 Å². The number of halogens is 3. The van der Waals surface area contributed by atoms with Gasteiger partial charge in [0.25, 0.3) is 0 Å². The van der Waals surface area contributed by atoms with Crippen molar-refractivity contribution < 1.29 is 57.4 Å². The highest BCUT2D eigenvalue weighted by Crippen LogP contribution is 2.48. The van der Waals surface area contributed by atoms with Gasteiger partial charge in [0.15, 0.2) is 6.04 Å². The van der Waals surface area contributed by atoms with Crippen molar-refractivity contribution in [1.82, 2.24) is 9.96 Å². The van der Waals surface area contributed by atoms with Gasteiger partial charge in [0.05, 0.1) is 13.2 Å². The molecule has 2 aliphatic rings. The average Bonchev–Trinajstić information content (AvgIpc) is 2.86. The van der Waals surface area contributed by atoms with Crippen LogP contribution in [0, 0.1) is 0 Å². The first kappa shape index (κ1) is 23.0. The number of benzene rings is 1. The molecule has 1 unspecified atom stereocenters. The van der Waals surface area contributed by atoms with Gasteiger partial charge in [0.1, 0.15) is 11.8 Å². The molecule has 172 valence electrons. The highest BCUT2D eigenvalue weighted by Gasteiger charge is 2.55. The van der Waals surface area contributed by atoms with Gasteiger partial charge in [-0.25, -0.2) is 9.59 Å². The molecular formula is C14H13F3N2O10S2. The fourth-order valence-electron chi connectivity index (χ4n) is 3.25. The van der Waals surface area contributed by atoms with Gasteiger partial charge in [-0.1, -0.05) is 12.1 Å². The minimum atomic E-state index is -6.16. The molecule has 2 aliphatic heterocycles. The van der Waals surface area contributed by atoms with Crippen molar-refractivity contribution in [2.75, 3.05) is 13.2 Å². The molecule has 2 amide bonds. The van der Waals surface area contributed by atoms with Crippen LogP contribution in [0.2, 0.25) is 0 Å². The third-order valence-electron chi connectivity index (χ3n) is 4.29. The van der Waals surface area contributed by atoms with Crippen molar-refractivity contribution in [3.8, 4) is 5.75 Å². The quantitative estimate of drug-likeness (QED) is 0.264. The molecule has 0 radical (unpaired) electrons. The monoisotopic (exact) mass is 490 g/mol. The zero-order valence-corrected chi connectivity index (χ0v) is 16.9. The molecule has 1 fully saturated rings. The molecule has 1 aromatic carbocycles. The van der Waals surface area contributed by atoms with Crippen LogP contribution in [0.15, 0.2) is 18.2 Å². The Kier molecular flexibility index (Phi) is 5.58. The molecule has 0 spiro atoms. The summed E-state index contributed by atoms with van der Waals surface area (Å²) in [7, 11) is -11.4. The molecule has 0 aromatic heterocycles. The van der Waals surface area contributed by atoms with Crippen molar-refractivity contribution in [1.29, 1.82) is 0 Å². The third-order valence-corrected chi connectivity index (χ3v) is 5.61. The first-order chi connectivity index (χ1) is 14.2. The van der Waals surface area contributed by atoms with Crippen LogP contribution in [0.4, 0.5) is 18.0 Å². The number of hydroxylamine groups is 2. The van der Waals surface area contributed by atoms with Crippen molar-refractivity contribution in [2.24, 2.45) is 0 Å². The zero-order chi connectivity index (χ0) is 23.4. The predicted octanol–water partition coefficient (Wildman–Crippen LogP) is 1.05. The standard InChI is InChI=1S/C14H13F3N2O10S2/c1-2-27-12(20)11-7-4-3-5-9(28-30(22,23)14(15,16)17)10(7)8-6-18(11)13(21)19(8)29-31(24,25)26/h3-5,8,11H,2,6H2,1H3,(H,24,25,26)/t8-,11?/m1/s1. The molecule has 2 heterocycles. The van der Waals surface area contributed by atoms with E-state index in [1.807, 2.05) is 0 Å². The Morgan fingerprint density at radius 1 is 1.26 bits per heavy atom. The van der Waals surface area contributed by atoms with Crippen LogP contribution in [-0.2, 0) is 34.3 Å². The summed E-state index contributed by atoms with van der Waals surface area (Å²) >= 11 is 0. The maximum absolute atomic E-state index is 12.8. The molecule has 1 saturated heterocycles. The number of esters is 1. The Morgan fingerprint density at radius 2 is 1.90 bits per heavy atom. The second kappa shape index (κ2) is 7.50. The molecule has 3 rings (SSSR count). The Balaban J connectivity index is 2.20. The summed E-state index contributed by atoms with van der Waals surface area (Å²) in [6.07, 6.45) is 0. The first-order valence-electron chi connectivity index (χ1n) is 8.25. The van der Waals surface area contributed by atoms with Crippen molar-refractivity contribution in [3.63, 3.8) is 0 Å². The van der Waals surface area contributed by atoms with Gasteiger partial charge in [0.2, 0.25) is 0 Å². The number of carbonyl (C=O) groups excluding carboxylic acids is 2. The molecule has 1 N–H and O–H groups in total. The van der Waals surface area contributed by atoms with Gasteiger partial charge in [-0.3, -0.25) is 4.55 Å². The second-order valence-electron chi connectivity index (χ2n) is 6.18. The van der Waals surface area contributed by atoms with E-state index >= 15 is 0 Å². The summed E-state index contributed by atoms with van der Waals surface area (Å²) in [5.41, 5.74) is -6.42. The highest BCUT2D eigenvalue weighted by atomic mass is 32.3. The summed E-state index contributed by atoms with van der Waals surface area (Å²) in [4.78, 5) is 25.9. The number of fused-ring (bicyclic) bond motifs is 4. The van der Waals surface area contributed by atoms with E-state index < -0.39 is 68.0 Å². The number of urea groups is 1. The summed E-state index contributed by atoms with van der Waals surface area (Å²) in [6.45, 7) is 0.788. The molecule has 2 atom stereocenters. The number of ether oxygens (including phenoxy) is 1. The van der Waals surface area contributed by atoms with Crippen molar-refractivity contribution in [2.45, 2.75) is 24.5 Å². The maximum Gasteiger partial charge on any atom is 0.534 e. The van der Waals surface area contributed by atoms with E-state index in [9.17, 15) is 39.6 Å². The van der Waals surface area contributed by atoms with Gasteiger partial charge < -0.3 is 13.8 Å². The number of rotatable bonds is 6. The molecule has 31 heavy (non-hydrogen) atoms. The third kappa shape index (κ3) is 4.12. The predicted molar refractivity (Wildman–Crippen MR) is 90.7 cm³/mol. The van der Waals surface area contributed by atoms with E-state index in [2.05, 4.69) is 8.47 Å². The van der Waals surface area contributed by atoms with Crippen LogP contribution in [0.25, 0.3) is 0 Å². The number of amides is 2. The lowest BCUT2D eigenvalue weighted by molar-refractivity contribution is -0.148.